The van der Waals surface area contributed by atoms with Crippen LogP contribution >= 0.6 is 11.8 Å². The molecule has 3 rings (SSSR count). The number of rotatable bonds is 7. The quantitative estimate of drug-likeness (QED) is 0.743. The highest BCUT2D eigenvalue weighted by atomic mass is 32.2. The Labute approximate surface area is 159 Å². The second-order valence-corrected chi connectivity index (χ2v) is 7.32. The predicted octanol–water partition coefficient (Wildman–Crippen LogP) is 4.57. The number of hydrogen-bond donors (Lipinski definition) is 1. The molecule has 1 N–H and O–H groups in total. The number of carbonyl (C=O) groups excluding carboxylic acids is 1. The third kappa shape index (κ3) is 6.39. The molecule has 0 bridgehead atoms. The van der Waals surface area contributed by atoms with E-state index in [1.807, 2.05) is 24.3 Å². The van der Waals surface area contributed by atoms with Crippen LogP contribution in [-0.2, 0) is 12.8 Å². The lowest BCUT2D eigenvalue weighted by atomic mass is 10.1. The summed E-state index contributed by atoms with van der Waals surface area (Å²) < 4.78 is 45.9. The predicted molar refractivity (Wildman–Crippen MR) is 97.2 cm³/mol. The van der Waals surface area contributed by atoms with E-state index in [9.17, 15) is 18.0 Å². The molecular formula is C19H18F3NO3S. The molecule has 27 heavy (non-hydrogen) atoms. The molecule has 1 amide bonds. The van der Waals surface area contributed by atoms with E-state index in [1.54, 1.807) is 12.1 Å². The summed E-state index contributed by atoms with van der Waals surface area (Å²) in [7, 11) is 0. The number of hydrogen-bond acceptors (Lipinski definition) is 4. The minimum Gasteiger partial charge on any atom is -0.493 e. The summed E-state index contributed by atoms with van der Waals surface area (Å²) in [6, 6.07) is 13.5. The Balaban J connectivity index is 1.43. The van der Waals surface area contributed by atoms with E-state index in [2.05, 4.69) is 10.1 Å². The summed E-state index contributed by atoms with van der Waals surface area (Å²) in [5.41, 5.74) is 1.99. The number of benzene rings is 2. The van der Waals surface area contributed by atoms with Crippen LogP contribution in [0.5, 0.6) is 11.5 Å². The maximum absolute atomic E-state index is 12.1. The zero-order valence-corrected chi connectivity index (χ0v) is 15.1. The van der Waals surface area contributed by atoms with Crippen LogP contribution in [0, 0.1) is 0 Å². The van der Waals surface area contributed by atoms with Gasteiger partial charge in [-0.3, -0.25) is 4.79 Å². The second kappa shape index (κ2) is 8.56. The van der Waals surface area contributed by atoms with Gasteiger partial charge in [0.25, 0.3) is 5.24 Å². The Bertz CT molecular complexity index is 763. The Morgan fingerprint density at radius 1 is 1.00 bits per heavy atom. The molecule has 1 unspecified atom stereocenters. The van der Waals surface area contributed by atoms with Crippen LogP contribution in [0.3, 0.4) is 0 Å². The largest absolute Gasteiger partial charge is 0.573 e. The van der Waals surface area contributed by atoms with Crippen molar-refractivity contribution in [1.29, 1.82) is 0 Å². The molecule has 0 saturated carbocycles. The van der Waals surface area contributed by atoms with Crippen LogP contribution in [0.25, 0.3) is 0 Å². The van der Waals surface area contributed by atoms with Crippen LogP contribution in [0.1, 0.15) is 11.1 Å². The molecule has 1 aliphatic rings. The van der Waals surface area contributed by atoms with Gasteiger partial charge in [-0.1, -0.05) is 36.0 Å². The van der Waals surface area contributed by atoms with Gasteiger partial charge in [0.1, 0.15) is 11.5 Å². The number of carbonyl (C=O) groups is 1. The molecule has 2 aromatic carbocycles. The fourth-order valence-electron chi connectivity index (χ4n) is 2.67. The molecular weight excluding hydrogens is 379 g/mol. The van der Waals surface area contributed by atoms with Gasteiger partial charge in [0, 0.05) is 18.2 Å². The summed E-state index contributed by atoms with van der Waals surface area (Å²) in [5.74, 6) is 0.490. The van der Waals surface area contributed by atoms with Crippen molar-refractivity contribution >= 4 is 17.0 Å². The van der Waals surface area contributed by atoms with Gasteiger partial charge >= 0.3 is 6.36 Å². The lowest BCUT2D eigenvalue weighted by Crippen LogP contribution is -2.17. The van der Waals surface area contributed by atoms with Gasteiger partial charge < -0.3 is 14.8 Å². The van der Waals surface area contributed by atoms with Crippen LogP contribution in [0.2, 0.25) is 0 Å². The Kier molecular flexibility index (Phi) is 6.15. The van der Waals surface area contributed by atoms with E-state index in [0.717, 1.165) is 23.3 Å². The van der Waals surface area contributed by atoms with Crippen molar-refractivity contribution in [1.82, 2.24) is 5.32 Å². The third-order valence-corrected chi connectivity index (χ3v) is 4.98. The molecule has 0 aromatic heterocycles. The van der Waals surface area contributed by atoms with E-state index >= 15 is 0 Å². The van der Waals surface area contributed by atoms with Crippen molar-refractivity contribution in [3.63, 3.8) is 0 Å². The van der Waals surface area contributed by atoms with Crippen molar-refractivity contribution in [3.8, 4) is 11.5 Å². The SMILES string of the molecule is O=C1NCC(Cc2ccc(OCCc3ccc(OC(F)(F)F)cc3)cc2)S1. The monoisotopic (exact) mass is 397 g/mol. The molecule has 1 saturated heterocycles. The lowest BCUT2D eigenvalue weighted by molar-refractivity contribution is -0.274. The second-order valence-electron chi connectivity index (χ2n) is 6.05. The van der Waals surface area contributed by atoms with Crippen LogP contribution in [0.4, 0.5) is 18.0 Å². The summed E-state index contributed by atoms with van der Waals surface area (Å²) in [5, 5.41) is 3.08. The average Bonchev–Trinajstić information content (AvgIpc) is 3.02. The molecule has 144 valence electrons. The lowest BCUT2D eigenvalue weighted by Gasteiger charge is -2.10. The first-order valence-electron chi connectivity index (χ1n) is 8.38. The van der Waals surface area contributed by atoms with E-state index < -0.39 is 6.36 Å². The third-order valence-electron chi connectivity index (χ3n) is 3.95. The zero-order chi connectivity index (χ0) is 19.3. The van der Waals surface area contributed by atoms with Crippen molar-refractivity contribution in [3.05, 3.63) is 59.7 Å². The normalized spacial score (nSPS) is 16.9. The number of nitrogens with one attached hydrogen (secondary N) is 1. The fourth-order valence-corrected chi connectivity index (χ4v) is 3.59. The van der Waals surface area contributed by atoms with Crippen molar-refractivity contribution < 1.29 is 27.4 Å². The minimum absolute atomic E-state index is 0.0259. The molecule has 1 heterocycles. The van der Waals surface area contributed by atoms with Crippen LogP contribution < -0.4 is 14.8 Å². The van der Waals surface area contributed by atoms with Gasteiger partial charge in [-0.15, -0.1) is 13.2 Å². The van der Waals surface area contributed by atoms with Crippen molar-refractivity contribution in [2.24, 2.45) is 0 Å². The Morgan fingerprint density at radius 3 is 2.22 bits per heavy atom. The van der Waals surface area contributed by atoms with Gasteiger partial charge in [-0.05, 0) is 41.8 Å². The van der Waals surface area contributed by atoms with Gasteiger partial charge in [0.05, 0.1) is 6.61 Å². The fraction of sp³-hybridized carbons (Fsp3) is 0.316. The molecule has 1 aliphatic heterocycles. The summed E-state index contributed by atoms with van der Waals surface area (Å²) in [6.07, 6.45) is -3.30. The van der Waals surface area contributed by atoms with Gasteiger partial charge in [-0.2, -0.15) is 0 Å². The molecule has 0 radical (unpaired) electrons. The van der Waals surface area contributed by atoms with Crippen LogP contribution in [0.15, 0.2) is 48.5 Å². The van der Waals surface area contributed by atoms with E-state index in [0.29, 0.717) is 19.6 Å². The van der Waals surface area contributed by atoms with E-state index in [1.165, 1.54) is 23.9 Å². The molecule has 1 atom stereocenters. The highest BCUT2D eigenvalue weighted by Crippen LogP contribution is 2.24. The molecule has 8 heteroatoms. The Morgan fingerprint density at radius 2 is 1.63 bits per heavy atom. The first kappa shape index (κ1) is 19.4. The first-order valence-corrected chi connectivity index (χ1v) is 9.26. The van der Waals surface area contributed by atoms with E-state index in [-0.39, 0.29) is 16.2 Å². The number of amides is 1. The number of halogens is 3. The maximum atomic E-state index is 12.1. The molecule has 0 spiro atoms. The van der Waals surface area contributed by atoms with Gasteiger partial charge in [-0.25, -0.2) is 0 Å². The molecule has 2 aromatic rings. The number of thioether (sulfide) groups is 1. The van der Waals surface area contributed by atoms with Crippen molar-refractivity contribution in [2.75, 3.05) is 13.2 Å². The molecule has 1 fully saturated rings. The standard InChI is InChI=1S/C19H18F3NO3S/c20-19(21,22)26-16-7-1-13(2-8-16)9-10-25-15-5-3-14(4-6-15)11-17-12-23-18(24)27-17/h1-8,17H,9-12H2,(H,23,24). The Hall–Kier alpha value is -2.35. The summed E-state index contributed by atoms with van der Waals surface area (Å²) in [4.78, 5) is 11.2. The number of ether oxygens (including phenoxy) is 2. The summed E-state index contributed by atoms with van der Waals surface area (Å²) in [6.45, 7) is 1.10. The van der Waals surface area contributed by atoms with Crippen molar-refractivity contribution in [2.45, 2.75) is 24.5 Å². The topological polar surface area (TPSA) is 47.6 Å². The number of alkyl halides is 3. The molecule has 0 aliphatic carbocycles. The highest BCUT2D eigenvalue weighted by molar-refractivity contribution is 8.14. The first-order chi connectivity index (χ1) is 12.9. The van der Waals surface area contributed by atoms with Gasteiger partial charge in [0.15, 0.2) is 0 Å². The van der Waals surface area contributed by atoms with Crippen LogP contribution in [-0.4, -0.2) is 30.0 Å². The zero-order valence-electron chi connectivity index (χ0n) is 14.3. The van der Waals surface area contributed by atoms with E-state index in [4.69, 9.17) is 4.74 Å². The smallest absolute Gasteiger partial charge is 0.493 e. The van der Waals surface area contributed by atoms with Gasteiger partial charge in [0.2, 0.25) is 0 Å². The maximum Gasteiger partial charge on any atom is 0.573 e. The summed E-state index contributed by atoms with van der Waals surface area (Å²) >= 11 is 1.33. The molecule has 4 nitrogen and oxygen atoms in total. The minimum atomic E-state index is -4.68. The highest BCUT2D eigenvalue weighted by Gasteiger charge is 2.30. The average molecular weight is 397 g/mol.